The van der Waals surface area contributed by atoms with Crippen LogP contribution in [-0.4, -0.2) is 21.0 Å². The van der Waals surface area contributed by atoms with Crippen molar-refractivity contribution in [3.63, 3.8) is 0 Å². The Morgan fingerprint density at radius 2 is 2.05 bits per heavy atom. The molecule has 0 saturated heterocycles. The molecule has 0 amide bonds. The van der Waals surface area contributed by atoms with Gasteiger partial charge in [-0.05, 0) is 55.9 Å². The van der Waals surface area contributed by atoms with Gasteiger partial charge in [0.2, 0.25) is 0 Å². The van der Waals surface area contributed by atoms with Crippen LogP contribution in [-0.2, 0) is 13.5 Å². The monoisotopic (exact) mass is 264 g/mol. The van der Waals surface area contributed by atoms with Gasteiger partial charge in [0.1, 0.15) is 0 Å². The molecule has 3 nitrogen and oxygen atoms in total. The molecular weight excluding hydrogens is 236 g/mol. The fourth-order valence-corrected chi connectivity index (χ4v) is 3.38. The maximum absolute atomic E-state index is 10.3. The summed E-state index contributed by atoms with van der Waals surface area (Å²) in [6, 6.07) is 2.15. The van der Waals surface area contributed by atoms with Crippen molar-refractivity contribution in [3.8, 4) is 0 Å². The third kappa shape index (κ3) is 3.38. The highest BCUT2D eigenvalue weighted by Crippen LogP contribution is 2.41. The van der Waals surface area contributed by atoms with Crippen LogP contribution in [0.1, 0.15) is 51.4 Å². The molecule has 1 fully saturated rings. The SMILES string of the molecule is Cc1cc(CC2CC(C(C)(C)C)CCC2O)n(C)n1. The van der Waals surface area contributed by atoms with Crippen molar-refractivity contribution in [1.29, 1.82) is 0 Å². The van der Waals surface area contributed by atoms with E-state index >= 15 is 0 Å². The Bertz CT molecular complexity index is 430. The fraction of sp³-hybridized carbons (Fsp3) is 0.812. The minimum Gasteiger partial charge on any atom is -0.393 e. The van der Waals surface area contributed by atoms with Gasteiger partial charge < -0.3 is 5.11 Å². The van der Waals surface area contributed by atoms with E-state index in [-0.39, 0.29) is 6.10 Å². The van der Waals surface area contributed by atoms with Gasteiger partial charge in [0.15, 0.2) is 0 Å². The van der Waals surface area contributed by atoms with E-state index in [1.165, 1.54) is 5.69 Å². The van der Waals surface area contributed by atoms with Gasteiger partial charge in [-0.25, -0.2) is 0 Å². The molecule has 1 aliphatic carbocycles. The summed E-state index contributed by atoms with van der Waals surface area (Å²) in [5.74, 6) is 1.10. The summed E-state index contributed by atoms with van der Waals surface area (Å²) in [6.45, 7) is 8.99. The van der Waals surface area contributed by atoms with Crippen LogP contribution in [0.15, 0.2) is 6.07 Å². The molecule has 19 heavy (non-hydrogen) atoms. The average Bonchev–Trinajstić information content (AvgIpc) is 2.59. The molecule has 1 aromatic heterocycles. The summed E-state index contributed by atoms with van der Waals surface area (Å²) in [7, 11) is 2.00. The Hall–Kier alpha value is -0.830. The highest BCUT2D eigenvalue weighted by molar-refractivity contribution is 5.10. The number of aliphatic hydroxyl groups excluding tert-OH is 1. The first-order valence-corrected chi connectivity index (χ1v) is 7.45. The van der Waals surface area contributed by atoms with Crippen LogP contribution in [0.2, 0.25) is 0 Å². The summed E-state index contributed by atoms with van der Waals surface area (Å²) in [5, 5.41) is 14.7. The first-order valence-electron chi connectivity index (χ1n) is 7.45. The standard InChI is InChI=1S/C16H28N2O/c1-11-8-14(18(5)17-11)10-12-9-13(16(2,3)4)6-7-15(12)19/h8,12-13,15,19H,6-7,9-10H2,1-5H3. The summed E-state index contributed by atoms with van der Waals surface area (Å²) in [5.41, 5.74) is 2.66. The molecule has 1 aromatic rings. The van der Waals surface area contributed by atoms with Crippen molar-refractivity contribution in [1.82, 2.24) is 9.78 Å². The van der Waals surface area contributed by atoms with Crippen LogP contribution in [0, 0.1) is 24.2 Å². The second-order valence-electron chi connectivity index (χ2n) is 7.31. The second-order valence-corrected chi connectivity index (χ2v) is 7.31. The summed E-state index contributed by atoms with van der Waals surface area (Å²) in [4.78, 5) is 0. The molecule has 3 atom stereocenters. The Balaban J connectivity index is 2.07. The number of nitrogens with zero attached hydrogens (tertiary/aromatic N) is 2. The zero-order valence-electron chi connectivity index (χ0n) is 13.0. The van der Waals surface area contributed by atoms with Crippen LogP contribution < -0.4 is 0 Å². The van der Waals surface area contributed by atoms with E-state index in [2.05, 4.69) is 31.9 Å². The number of aromatic nitrogens is 2. The Labute approximate surface area is 117 Å². The smallest absolute Gasteiger partial charge is 0.0596 e. The summed E-state index contributed by atoms with van der Waals surface area (Å²) >= 11 is 0. The van der Waals surface area contributed by atoms with E-state index in [1.54, 1.807) is 0 Å². The molecule has 3 unspecified atom stereocenters. The van der Waals surface area contributed by atoms with E-state index in [9.17, 15) is 5.11 Å². The van der Waals surface area contributed by atoms with Gasteiger partial charge in [-0.3, -0.25) is 4.68 Å². The molecule has 0 aromatic carbocycles. The van der Waals surface area contributed by atoms with Crippen LogP contribution in [0.3, 0.4) is 0 Å². The molecule has 108 valence electrons. The highest BCUT2D eigenvalue weighted by Gasteiger charge is 2.35. The van der Waals surface area contributed by atoms with E-state index in [0.717, 1.165) is 37.3 Å². The maximum atomic E-state index is 10.3. The van der Waals surface area contributed by atoms with E-state index in [0.29, 0.717) is 11.3 Å². The summed E-state index contributed by atoms with van der Waals surface area (Å²) < 4.78 is 1.96. The van der Waals surface area contributed by atoms with Crippen LogP contribution in [0.5, 0.6) is 0 Å². The van der Waals surface area contributed by atoms with Gasteiger partial charge >= 0.3 is 0 Å². The number of aryl methyl sites for hydroxylation is 2. The molecular formula is C16H28N2O. The van der Waals surface area contributed by atoms with Crippen LogP contribution >= 0.6 is 0 Å². The first-order chi connectivity index (χ1) is 8.77. The van der Waals surface area contributed by atoms with Crippen LogP contribution in [0.4, 0.5) is 0 Å². The molecule has 1 aliphatic rings. The van der Waals surface area contributed by atoms with Gasteiger partial charge in [-0.2, -0.15) is 5.10 Å². The van der Waals surface area contributed by atoms with Gasteiger partial charge in [0.05, 0.1) is 11.8 Å². The molecule has 1 N–H and O–H groups in total. The third-order valence-electron chi connectivity index (χ3n) is 4.74. The minimum absolute atomic E-state index is 0.145. The molecule has 0 bridgehead atoms. The molecule has 2 rings (SSSR count). The average molecular weight is 264 g/mol. The van der Waals surface area contributed by atoms with Crippen molar-refractivity contribution in [2.45, 2.75) is 59.5 Å². The topological polar surface area (TPSA) is 38.0 Å². The van der Waals surface area contributed by atoms with Gasteiger partial charge in [-0.15, -0.1) is 0 Å². The van der Waals surface area contributed by atoms with Crippen molar-refractivity contribution in [3.05, 3.63) is 17.5 Å². The lowest BCUT2D eigenvalue weighted by atomic mass is 9.67. The lowest BCUT2D eigenvalue weighted by molar-refractivity contribution is 0.0189. The Kier molecular flexibility index (Phi) is 4.05. The predicted octanol–water partition coefficient (Wildman–Crippen LogP) is 3.09. The quantitative estimate of drug-likeness (QED) is 0.891. The lowest BCUT2D eigenvalue weighted by Crippen LogP contribution is -2.36. The largest absolute Gasteiger partial charge is 0.393 e. The number of aliphatic hydroxyl groups is 1. The number of hydrogen-bond acceptors (Lipinski definition) is 2. The fourth-order valence-electron chi connectivity index (χ4n) is 3.38. The van der Waals surface area contributed by atoms with E-state index in [1.807, 2.05) is 18.7 Å². The first kappa shape index (κ1) is 14.6. The predicted molar refractivity (Wildman–Crippen MR) is 77.9 cm³/mol. The number of hydrogen-bond donors (Lipinski definition) is 1. The molecule has 0 radical (unpaired) electrons. The van der Waals surface area contributed by atoms with Crippen molar-refractivity contribution >= 4 is 0 Å². The number of rotatable bonds is 2. The molecule has 0 aliphatic heterocycles. The molecule has 1 heterocycles. The normalized spacial score (nSPS) is 28.6. The molecule has 1 saturated carbocycles. The van der Waals surface area contributed by atoms with Crippen molar-refractivity contribution in [2.75, 3.05) is 0 Å². The van der Waals surface area contributed by atoms with Gasteiger partial charge in [0, 0.05) is 12.7 Å². The van der Waals surface area contributed by atoms with Crippen LogP contribution in [0.25, 0.3) is 0 Å². The molecule has 3 heteroatoms. The third-order valence-corrected chi connectivity index (χ3v) is 4.74. The second kappa shape index (κ2) is 5.28. The van der Waals surface area contributed by atoms with Gasteiger partial charge in [-0.1, -0.05) is 20.8 Å². The minimum atomic E-state index is -0.145. The van der Waals surface area contributed by atoms with Crippen molar-refractivity contribution in [2.24, 2.45) is 24.3 Å². The van der Waals surface area contributed by atoms with E-state index < -0.39 is 0 Å². The van der Waals surface area contributed by atoms with E-state index in [4.69, 9.17) is 0 Å². The van der Waals surface area contributed by atoms with Gasteiger partial charge in [0.25, 0.3) is 0 Å². The highest BCUT2D eigenvalue weighted by atomic mass is 16.3. The maximum Gasteiger partial charge on any atom is 0.0596 e. The molecule has 0 spiro atoms. The summed E-state index contributed by atoms with van der Waals surface area (Å²) in [6.07, 6.45) is 4.04. The van der Waals surface area contributed by atoms with Crippen molar-refractivity contribution < 1.29 is 5.11 Å². The Morgan fingerprint density at radius 1 is 1.37 bits per heavy atom. The lowest BCUT2D eigenvalue weighted by Gasteiger charge is -2.40. The zero-order chi connectivity index (χ0) is 14.2. The Morgan fingerprint density at radius 3 is 2.58 bits per heavy atom. The zero-order valence-corrected chi connectivity index (χ0v) is 13.0.